The molecule has 1 aliphatic rings. The third-order valence-corrected chi connectivity index (χ3v) is 7.67. The number of rotatable bonds is 6. The number of hydrogen-bond donors (Lipinski definition) is 1. The van der Waals surface area contributed by atoms with E-state index in [1.807, 2.05) is 66.9 Å². The summed E-state index contributed by atoms with van der Waals surface area (Å²) in [4.78, 5) is 11.7. The van der Waals surface area contributed by atoms with E-state index < -0.39 is 0 Å². The molecule has 36 heavy (non-hydrogen) atoms. The zero-order valence-electron chi connectivity index (χ0n) is 19.7. The van der Waals surface area contributed by atoms with Crippen LogP contribution in [0.25, 0.3) is 15.3 Å². The highest BCUT2D eigenvalue weighted by Gasteiger charge is 2.43. The molecule has 180 valence electrons. The molecule has 4 heterocycles. The van der Waals surface area contributed by atoms with Crippen molar-refractivity contribution < 1.29 is 9.47 Å². The van der Waals surface area contributed by atoms with Crippen molar-refractivity contribution >= 4 is 44.6 Å². The van der Waals surface area contributed by atoms with E-state index in [-0.39, 0.29) is 12.1 Å². The van der Waals surface area contributed by atoms with Gasteiger partial charge in [-0.2, -0.15) is 0 Å². The molecule has 2 atom stereocenters. The predicted octanol–water partition coefficient (Wildman–Crippen LogP) is 5.68. The molecule has 7 nitrogen and oxygen atoms in total. The molecule has 0 aliphatic carbocycles. The molecular weight excluding hydrogens is 490 g/mol. The quantitative estimate of drug-likeness (QED) is 0.293. The summed E-state index contributed by atoms with van der Waals surface area (Å²) in [5, 5.41) is 5.01. The van der Waals surface area contributed by atoms with Gasteiger partial charge in [-0.15, -0.1) is 0 Å². The highest BCUT2D eigenvalue weighted by Crippen LogP contribution is 2.46. The Balaban J connectivity index is 1.53. The monoisotopic (exact) mass is 513 g/mol. The van der Waals surface area contributed by atoms with Crippen LogP contribution in [-0.2, 0) is 0 Å². The van der Waals surface area contributed by atoms with Crippen LogP contribution in [0, 0.1) is 0 Å². The first-order chi connectivity index (χ1) is 17.7. The van der Waals surface area contributed by atoms with E-state index in [4.69, 9.17) is 26.7 Å². The molecule has 0 bridgehead atoms. The van der Waals surface area contributed by atoms with Gasteiger partial charge in [-0.05, 0) is 60.7 Å². The zero-order valence-corrected chi connectivity index (χ0v) is 21.3. The third-order valence-electron chi connectivity index (χ3n) is 6.32. The van der Waals surface area contributed by atoms with Crippen molar-refractivity contribution in [3.05, 3.63) is 96.6 Å². The van der Waals surface area contributed by atoms with E-state index in [2.05, 4.69) is 31.9 Å². The molecule has 1 saturated heterocycles. The molecule has 9 heteroatoms. The second-order valence-electron chi connectivity index (χ2n) is 8.30. The Morgan fingerprint density at radius 1 is 0.972 bits per heavy atom. The van der Waals surface area contributed by atoms with Gasteiger partial charge in [0.1, 0.15) is 17.5 Å². The number of pyridine rings is 1. The topological polar surface area (TPSA) is 64.4 Å². The molecule has 6 rings (SSSR count). The Labute approximate surface area is 217 Å². The fraction of sp³-hybridized carbons (Fsp3) is 0.148. The predicted molar refractivity (Wildman–Crippen MR) is 146 cm³/mol. The minimum atomic E-state index is -0.211. The summed E-state index contributed by atoms with van der Waals surface area (Å²) in [7, 11) is 3.29. The maximum atomic E-state index is 5.91. The average molecular weight is 514 g/mol. The molecule has 0 amide bonds. The van der Waals surface area contributed by atoms with Crippen molar-refractivity contribution in [2.75, 3.05) is 19.1 Å². The smallest absolute Gasteiger partial charge is 0.194 e. The van der Waals surface area contributed by atoms with Gasteiger partial charge in [0.2, 0.25) is 0 Å². The highest BCUT2D eigenvalue weighted by atomic mass is 32.1. The fourth-order valence-electron chi connectivity index (χ4n) is 4.67. The Kier molecular flexibility index (Phi) is 5.79. The summed E-state index contributed by atoms with van der Waals surface area (Å²) >= 11 is 7.57. The van der Waals surface area contributed by atoms with E-state index in [9.17, 15) is 0 Å². The lowest BCUT2D eigenvalue weighted by atomic mass is 10.0. The number of hydrogen-bond acceptors (Lipinski definition) is 6. The van der Waals surface area contributed by atoms with E-state index in [1.165, 1.54) is 0 Å². The van der Waals surface area contributed by atoms with Gasteiger partial charge in [-0.1, -0.05) is 29.5 Å². The molecule has 1 aliphatic heterocycles. The number of fused-ring (bicyclic) bond motifs is 1. The summed E-state index contributed by atoms with van der Waals surface area (Å²) in [5.74, 6) is 1.38. The second kappa shape index (κ2) is 9.25. The van der Waals surface area contributed by atoms with Gasteiger partial charge in [0.15, 0.2) is 10.2 Å². The van der Waals surface area contributed by atoms with Crippen LogP contribution in [0.5, 0.6) is 11.5 Å². The van der Waals surface area contributed by atoms with Gasteiger partial charge >= 0.3 is 0 Å². The van der Waals surface area contributed by atoms with Crippen molar-refractivity contribution in [1.82, 2.24) is 19.9 Å². The molecule has 0 radical (unpaired) electrons. The summed E-state index contributed by atoms with van der Waals surface area (Å²) in [5.41, 5.74) is 3.76. The van der Waals surface area contributed by atoms with Crippen LogP contribution in [0.15, 0.2) is 85.2 Å². The zero-order chi connectivity index (χ0) is 24.6. The van der Waals surface area contributed by atoms with Gasteiger partial charge in [-0.3, -0.25) is 9.55 Å². The Hall–Kier alpha value is -3.95. The first-order valence-electron chi connectivity index (χ1n) is 11.4. The number of anilines is 1. The molecule has 1 N–H and O–H groups in total. The van der Waals surface area contributed by atoms with Crippen molar-refractivity contribution in [2.45, 2.75) is 12.1 Å². The SMILES string of the molecule is COc1ccc(N2C(=S)N[C@@H](c3ccccn3)[C@H]2c2cccn2-c2nc3ccccc3s2)c(OC)c1. The van der Waals surface area contributed by atoms with E-state index in [1.54, 1.807) is 31.8 Å². The first kappa shape index (κ1) is 22.5. The molecule has 0 saturated carbocycles. The first-order valence-corrected chi connectivity index (χ1v) is 12.7. The van der Waals surface area contributed by atoms with Crippen LogP contribution in [0.1, 0.15) is 23.5 Å². The largest absolute Gasteiger partial charge is 0.497 e. The maximum Gasteiger partial charge on any atom is 0.194 e. The van der Waals surface area contributed by atoms with Gasteiger partial charge in [0.25, 0.3) is 0 Å². The number of para-hydroxylation sites is 1. The molecule has 5 aromatic rings. The van der Waals surface area contributed by atoms with Crippen LogP contribution >= 0.6 is 23.6 Å². The lowest BCUT2D eigenvalue weighted by Gasteiger charge is -2.29. The normalized spacial score (nSPS) is 17.4. The number of nitrogens with one attached hydrogen (secondary N) is 1. The summed E-state index contributed by atoms with van der Waals surface area (Å²) in [6.07, 6.45) is 3.85. The summed E-state index contributed by atoms with van der Waals surface area (Å²) in [6.45, 7) is 0. The number of thiocarbonyl (C=S) groups is 1. The standard InChI is InChI=1S/C27H23N5O2S2/c1-33-17-12-13-20(22(16-17)34-2)32-25(24(30-26(32)35)19-9-5-6-14-28-19)21-10-7-15-31(21)27-29-18-8-3-4-11-23(18)36-27/h3-16,24-25H,1-2H3,(H,30,35)/t24-,25+/m0/s1. The molecular formula is C27H23N5O2S2. The van der Waals surface area contributed by atoms with Crippen molar-refractivity contribution in [1.29, 1.82) is 0 Å². The maximum absolute atomic E-state index is 5.91. The molecule has 1 fully saturated rings. The lowest BCUT2D eigenvalue weighted by molar-refractivity contribution is 0.394. The number of nitrogens with zero attached hydrogens (tertiary/aromatic N) is 4. The average Bonchev–Trinajstić information content (AvgIpc) is 3.65. The molecule has 3 aromatic heterocycles. The van der Waals surface area contributed by atoms with Gasteiger partial charge in [-0.25, -0.2) is 4.98 Å². The fourth-order valence-corrected chi connectivity index (χ4v) is 5.98. The second-order valence-corrected chi connectivity index (χ2v) is 9.70. The number of thiazole rings is 1. The van der Waals surface area contributed by atoms with E-state index in [0.29, 0.717) is 16.6 Å². The Morgan fingerprint density at radius 3 is 2.61 bits per heavy atom. The molecule has 0 spiro atoms. The van der Waals surface area contributed by atoms with Crippen LogP contribution in [0.2, 0.25) is 0 Å². The highest BCUT2D eigenvalue weighted by molar-refractivity contribution is 7.80. The number of aromatic nitrogens is 3. The number of ether oxygens (including phenoxy) is 2. The van der Waals surface area contributed by atoms with Crippen molar-refractivity contribution in [3.8, 4) is 16.6 Å². The Bertz CT molecular complexity index is 1520. The summed E-state index contributed by atoms with van der Waals surface area (Å²) in [6, 6.07) is 23.6. The number of benzene rings is 2. The summed E-state index contributed by atoms with van der Waals surface area (Å²) < 4.78 is 14.5. The van der Waals surface area contributed by atoms with Gasteiger partial charge in [0, 0.05) is 18.5 Å². The van der Waals surface area contributed by atoms with E-state index >= 15 is 0 Å². The minimum Gasteiger partial charge on any atom is -0.497 e. The van der Waals surface area contributed by atoms with Crippen LogP contribution in [0.4, 0.5) is 5.69 Å². The van der Waals surface area contributed by atoms with Crippen LogP contribution in [-0.4, -0.2) is 33.9 Å². The van der Waals surface area contributed by atoms with Crippen LogP contribution < -0.4 is 19.7 Å². The minimum absolute atomic E-state index is 0.187. The van der Waals surface area contributed by atoms with Gasteiger partial charge in [0.05, 0.1) is 47.6 Å². The van der Waals surface area contributed by atoms with Crippen molar-refractivity contribution in [3.63, 3.8) is 0 Å². The van der Waals surface area contributed by atoms with E-state index in [0.717, 1.165) is 32.4 Å². The molecule has 2 aromatic carbocycles. The number of methoxy groups -OCH3 is 2. The third kappa shape index (κ3) is 3.77. The molecule has 0 unspecified atom stereocenters. The lowest BCUT2D eigenvalue weighted by Crippen LogP contribution is -2.30. The van der Waals surface area contributed by atoms with Gasteiger partial charge < -0.3 is 19.7 Å². The Morgan fingerprint density at radius 2 is 1.83 bits per heavy atom. The van der Waals surface area contributed by atoms with Crippen LogP contribution in [0.3, 0.4) is 0 Å². The van der Waals surface area contributed by atoms with Crippen molar-refractivity contribution in [2.24, 2.45) is 0 Å².